The molecule has 2 aliphatic rings. The highest BCUT2D eigenvalue weighted by molar-refractivity contribution is 6.36. The van der Waals surface area contributed by atoms with Gasteiger partial charge in [-0.1, -0.05) is 60.7 Å². The summed E-state index contributed by atoms with van der Waals surface area (Å²) in [5.41, 5.74) is 2.13. The van der Waals surface area contributed by atoms with Gasteiger partial charge in [0, 0.05) is 45.3 Å². The summed E-state index contributed by atoms with van der Waals surface area (Å²) in [5.74, 6) is -1.93. The Kier molecular flexibility index (Phi) is 8.13. The number of piperazine rings is 2. The highest BCUT2D eigenvalue weighted by Crippen LogP contribution is 2.16. The topological polar surface area (TPSA) is 90.0 Å². The van der Waals surface area contributed by atoms with Crippen molar-refractivity contribution in [2.75, 3.05) is 32.7 Å². The number of rotatable bonds is 10. The fraction of sp³-hybridized carbons (Fsp3) is 0.407. The van der Waals surface area contributed by atoms with Crippen molar-refractivity contribution in [2.24, 2.45) is 0 Å². The standard InChI is InChI=1S/C27H32N4O4/c32-24-25(33)31(16-14-21-9-3-1-4-10-21)23(19-28-24)13-7-8-15-29-17-18-30(27(35)26(29)34)20-22-11-5-2-6-12-22/h1-6,9-12,23H,7-8,13-20H2,(H,28,32)/t23-/m0/s1. The van der Waals surface area contributed by atoms with Gasteiger partial charge in [-0.05, 0) is 36.8 Å². The number of nitrogens with one attached hydrogen (secondary N) is 1. The van der Waals surface area contributed by atoms with Crippen LogP contribution >= 0.6 is 0 Å². The number of benzene rings is 2. The molecule has 0 spiro atoms. The van der Waals surface area contributed by atoms with Crippen molar-refractivity contribution < 1.29 is 19.2 Å². The molecule has 184 valence electrons. The van der Waals surface area contributed by atoms with Crippen LogP contribution in [0.1, 0.15) is 30.4 Å². The van der Waals surface area contributed by atoms with Crippen molar-refractivity contribution in [1.29, 1.82) is 0 Å². The van der Waals surface area contributed by atoms with Crippen LogP contribution in [0.5, 0.6) is 0 Å². The summed E-state index contributed by atoms with van der Waals surface area (Å²) in [6, 6.07) is 19.5. The molecule has 4 amide bonds. The average molecular weight is 477 g/mol. The lowest BCUT2D eigenvalue weighted by atomic mass is 10.0. The molecule has 0 aromatic heterocycles. The van der Waals surface area contributed by atoms with Crippen LogP contribution in [-0.4, -0.2) is 77.1 Å². The van der Waals surface area contributed by atoms with Gasteiger partial charge in [0.25, 0.3) is 0 Å². The van der Waals surface area contributed by atoms with Crippen molar-refractivity contribution in [3.63, 3.8) is 0 Å². The van der Waals surface area contributed by atoms with Gasteiger partial charge in [-0.25, -0.2) is 0 Å². The molecule has 2 aromatic rings. The van der Waals surface area contributed by atoms with E-state index >= 15 is 0 Å². The maximum atomic E-state index is 12.6. The quantitative estimate of drug-likeness (QED) is 0.417. The third-order valence-corrected chi connectivity index (χ3v) is 6.71. The highest BCUT2D eigenvalue weighted by Gasteiger charge is 2.34. The van der Waals surface area contributed by atoms with Crippen LogP contribution in [0, 0.1) is 0 Å². The molecule has 1 N–H and O–H groups in total. The molecule has 0 aliphatic carbocycles. The van der Waals surface area contributed by atoms with Crippen molar-refractivity contribution in [3.8, 4) is 0 Å². The minimum Gasteiger partial charge on any atom is -0.346 e. The Morgan fingerprint density at radius 2 is 1.34 bits per heavy atom. The zero-order valence-electron chi connectivity index (χ0n) is 19.9. The van der Waals surface area contributed by atoms with E-state index in [2.05, 4.69) is 5.32 Å². The Morgan fingerprint density at radius 3 is 2.06 bits per heavy atom. The Bertz CT molecular complexity index is 1040. The smallest absolute Gasteiger partial charge is 0.312 e. The maximum Gasteiger partial charge on any atom is 0.312 e. The van der Waals surface area contributed by atoms with Gasteiger partial charge >= 0.3 is 23.6 Å². The van der Waals surface area contributed by atoms with Gasteiger partial charge in [-0.15, -0.1) is 0 Å². The molecule has 8 heteroatoms. The second-order valence-corrected chi connectivity index (χ2v) is 9.10. The molecule has 2 aromatic carbocycles. The molecule has 35 heavy (non-hydrogen) atoms. The van der Waals surface area contributed by atoms with E-state index < -0.39 is 23.6 Å². The van der Waals surface area contributed by atoms with Gasteiger partial charge in [0.15, 0.2) is 0 Å². The Morgan fingerprint density at radius 1 is 0.714 bits per heavy atom. The largest absolute Gasteiger partial charge is 0.346 e. The third kappa shape index (κ3) is 6.26. The van der Waals surface area contributed by atoms with E-state index in [9.17, 15) is 19.2 Å². The third-order valence-electron chi connectivity index (χ3n) is 6.71. The fourth-order valence-corrected chi connectivity index (χ4v) is 4.69. The first-order chi connectivity index (χ1) is 17.0. The monoisotopic (exact) mass is 476 g/mol. The molecule has 2 fully saturated rings. The average Bonchev–Trinajstić information content (AvgIpc) is 2.88. The zero-order valence-corrected chi connectivity index (χ0v) is 19.9. The molecule has 8 nitrogen and oxygen atoms in total. The first-order valence-electron chi connectivity index (χ1n) is 12.3. The van der Waals surface area contributed by atoms with Crippen molar-refractivity contribution in [1.82, 2.24) is 20.0 Å². The Balaban J connectivity index is 1.23. The summed E-state index contributed by atoms with van der Waals surface area (Å²) in [6.45, 7) is 2.95. The molecule has 0 unspecified atom stereocenters. The lowest BCUT2D eigenvalue weighted by Gasteiger charge is -2.36. The second-order valence-electron chi connectivity index (χ2n) is 9.10. The number of carbonyl (C=O) groups excluding carboxylic acids is 4. The fourth-order valence-electron chi connectivity index (χ4n) is 4.69. The molecule has 4 rings (SSSR count). The van der Waals surface area contributed by atoms with Gasteiger partial charge in [0.2, 0.25) is 0 Å². The van der Waals surface area contributed by atoms with Crippen molar-refractivity contribution in [2.45, 2.75) is 38.3 Å². The number of unbranched alkanes of at least 4 members (excludes halogenated alkanes) is 1. The summed E-state index contributed by atoms with van der Waals surface area (Å²) in [4.78, 5) is 54.5. The van der Waals surface area contributed by atoms with E-state index in [-0.39, 0.29) is 6.04 Å². The predicted octanol–water partition coefficient (Wildman–Crippen LogP) is 1.60. The van der Waals surface area contributed by atoms with Gasteiger partial charge in [-0.3, -0.25) is 19.2 Å². The van der Waals surface area contributed by atoms with E-state index in [1.807, 2.05) is 60.7 Å². The SMILES string of the molecule is O=C1NC[C@H](CCCCN2CCN(Cc3ccccc3)C(=O)C2=O)N(CCc2ccccc2)C1=O. The van der Waals surface area contributed by atoms with Gasteiger partial charge < -0.3 is 20.0 Å². The summed E-state index contributed by atoms with van der Waals surface area (Å²) >= 11 is 0. The molecular weight excluding hydrogens is 444 g/mol. The first kappa shape index (κ1) is 24.4. The number of carbonyl (C=O) groups is 4. The van der Waals surface area contributed by atoms with E-state index in [0.29, 0.717) is 45.7 Å². The molecule has 0 saturated carbocycles. The molecule has 2 heterocycles. The van der Waals surface area contributed by atoms with Crippen molar-refractivity contribution in [3.05, 3.63) is 71.8 Å². The summed E-state index contributed by atoms with van der Waals surface area (Å²) < 4.78 is 0. The van der Waals surface area contributed by atoms with Crippen molar-refractivity contribution >= 4 is 23.6 Å². The number of nitrogens with zero attached hydrogens (tertiary/aromatic N) is 3. The van der Waals surface area contributed by atoms with Crippen LogP contribution in [0.25, 0.3) is 0 Å². The van der Waals surface area contributed by atoms with E-state index in [1.54, 1.807) is 14.7 Å². The predicted molar refractivity (Wildman–Crippen MR) is 131 cm³/mol. The highest BCUT2D eigenvalue weighted by atomic mass is 16.2. The van der Waals surface area contributed by atoms with Crippen LogP contribution in [0.15, 0.2) is 60.7 Å². The lowest BCUT2D eigenvalue weighted by molar-refractivity contribution is -0.156. The normalized spacial score (nSPS) is 18.7. The maximum absolute atomic E-state index is 12.6. The summed E-state index contributed by atoms with van der Waals surface area (Å²) in [5, 5.41) is 2.69. The van der Waals surface area contributed by atoms with Gasteiger partial charge in [0.1, 0.15) is 0 Å². The van der Waals surface area contributed by atoms with E-state index in [1.165, 1.54) is 0 Å². The number of hydrogen-bond donors (Lipinski definition) is 1. The van der Waals surface area contributed by atoms with E-state index in [0.717, 1.165) is 30.4 Å². The first-order valence-corrected chi connectivity index (χ1v) is 12.3. The van der Waals surface area contributed by atoms with Crippen LogP contribution in [0.2, 0.25) is 0 Å². The molecular formula is C27H32N4O4. The second kappa shape index (κ2) is 11.6. The molecule has 1 atom stereocenters. The minimum atomic E-state index is -0.549. The Labute approximate surface area is 205 Å². The summed E-state index contributed by atoms with van der Waals surface area (Å²) in [6.07, 6.45) is 2.96. The molecule has 2 aliphatic heterocycles. The molecule has 0 radical (unpaired) electrons. The van der Waals surface area contributed by atoms with Crippen LogP contribution in [-0.2, 0) is 32.1 Å². The zero-order chi connectivity index (χ0) is 24.6. The Hall–Kier alpha value is -3.68. The van der Waals surface area contributed by atoms with Crippen LogP contribution in [0.4, 0.5) is 0 Å². The van der Waals surface area contributed by atoms with E-state index in [4.69, 9.17) is 0 Å². The van der Waals surface area contributed by atoms with Crippen LogP contribution in [0.3, 0.4) is 0 Å². The van der Waals surface area contributed by atoms with Gasteiger partial charge in [0.05, 0.1) is 0 Å². The molecule has 2 saturated heterocycles. The minimum absolute atomic E-state index is 0.0658. The number of amides is 4. The number of hydrogen-bond acceptors (Lipinski definition) is 4. The molecule has 0 bridgehead atoms. The van der Waals surface area contributed by atoms with Gasteiger partial charge in [-0.2, -0.15) is 0 Å². The van der Waals surface area contributed by atoms with Crippen LogP contribution < -0.4 is 5.32 Å². The lowest BCUT2D eigenvalue weighted by Crippen LogP contribution is -2.58. The summed E-state index contributed by atoms with van der Waals surface area (Å²) in [7, 11) is 0.